The van der Waals surface area contributed by atoms with E-state index in [1.165, 1.54) is 0 Å². The van der Waals surface area contributed by atoms with Gasteiger partial charge in [0.2, 0.25) is 0 Å². The van der Waals surface area contributed by atoms with Crippen LogP contribution in [0, 0.1) is 11.3 Å². The Kier molecular flexibility index (Phi) is 4.67. The fraction of sp³-hybridized carbons (Fsp3) is 0.800. The van der Waals surface area contributed by atoms with Crippen molar-refractivity contribution < 1.29 is 4.79 Å². The standard InChI is InChI=1S/C10H20N2O/c1-8(2)6-11-12-7-9(13)10(3,4)5/h6,8,12H,7H2,1-5H3. The summed E-state index contributed by atoms with van der Waals surface area (Å²) in [5.41, 5.74) is 2.47. The number of nitrogens with zero attached hydrogens (tertiary/aromatic N) is 1. The number of Topliss-reactive ketones (excluding diaryl/α,β-unsaturated/α-hetero) is 1. The normalized spacial score (nSPS) is 12.5. The molecule has 0 atom stereocenters. The van der Waals surface area contributed by atoms with Crippen LogP contribution in [0.15, 0.2) is 5.10 Å². The second-order valence-corrected chi connectivity index (χ2v) is 4.53. The number of carbonyl (C=O) groups is 1. The van der Waals surface area contributed by atoms with Gasteiger partial charge in [-0.2, -0.15) is 5.10 Å². The fourth-order valence-electron chi connectivity index (χ4n) is 0.584. The van der Waals surface area contributed by atoms with E-state index in [0.29, 0.717) is 12.5 Å². The van der Waals surface area contributed by atoms with Crippen LogP contribution < -0.4 is 5.43 Å². The molecule has 0 bridgehead atoms. The fourth-order valence-corrected chi connectivity index (χ4v) is 0.584. The van der Waals surface area contributed by atoms with Crippen molar-refractivity contribution in [1.82, 2.24) is 5.43 Å². The van der Waals surface area contributed by atoms with E-state index in [4.69, 9.17) is 0 Å². The van der Waals surface area contributed by atoms with Crippen LogP contribution in [0.3, 0.4) is 0 Å². The van der Waals surface area contributed by atoms with E-state index >= 15 is 0 Å². The average Bonchev–Trinajstić information content (AvgIpc) is 1.95. The van der Waals surface area contributed by atoms with Gasteiger partial charge in [0, 0.05) is 11.6 Å². The van der Waals surface area contributed by atoms with Crippen LogP contribution in [-0.4, -0.2) is 18.5 Å². The first-order valence-electron chi connectivity index (χ1n) is 4.63. The number of rotatable bonds is 4. The molecule has 3 nitrogen and oxygen atoms in total. The zero-order valence-corrected chi connectivity index (χ0v) is 9.22. The minimum absolute atomic E-state index is 0.174. The summed E-state index contributed by atoms with van der Waals surface area (Å²) < 4.78 is 0. The Hall–Kier alpha value is -0.860. The number of hydrogen-bond acceptors (Lipinski definition) is 3. The summed E-state index contributed by atoms with van der Waals surface area (Å²) in [7, 11) is 0. The highest BCUT2D eigenvalue weighted by Crippen LogP contribution is 2.13. The predicted molar refractivity (Wildman–Crippen MR) is 55.8 cm³/mol. The van der Waals surface area contributed by atoms with Crippen LogP contribution in [0.5, 0.6) is 0 Å². The van der Waals surface area contributed by atoms with Crippen molar-refractivity contribution in [3.63, 3.8) is 0 Å². The van der Waals surface area contributed by atoms with Gasteiger partial charge in [-0.1, -0.05) is 34.6 Å². The molecule has 0 amide bonds. The SMILES string of the molecule is CC(C)C=NNCC(=O)C(C)(C)C. The topological polar surface area (TPSA) is 41.5 Å². The van der Waals surface area contributed by atoms with Crippen molar-refractivity contribution in [2.75, 3.05) is 6.54 Å². The third kappa shape index (κ3) is 6.31. The molecule has 0 fully saturated rings. The molecule has 0 aliphatic rings. The number of carbonyl (C=O) groups excluding carboxylic acids is 1. The molecule has 0 saturated heterocycles. The maximum atomic E-state index is 11.4. The summed E-state index contributed by atoms with van der Waals surface area (Å²) in [5.74, 6) is 0.589. The molecule has 3 heteroatoms. The molecule has 1 N–H and O–H groups in total. The lowest BCUT2D eigenvalue weighted by Gasteiger charge is -2.15. The van der Waals surface area contributed by atoms with Crippen LogP contribution in [0.25, 0.3) is 0 Å². The van der Waals surface area contributed by atoms with Crippen LogP contribution in [0.4, 0.5) is 0 Å². The van der Waals surface area contributed by atoms with Crippen molar-refractivity contribution >= 4 is 12.0 Å². The van der Waals surface area contributed by atoms with Crippen molar-refractivity contribution in [2.24, 2.45) is 16.4 Å². The maximum Gasteiger partial charge on any atom is 0.158 e. The zero-order chi connectivity index (χ0) is 10.5. The molecule has 0 aliphatic heterocycles. The molecule has 0 heterocycles. The predicted octanol–water partition coefficient (Wildman–Crippen LogP) is 1.83. The van der Waals surface area contributed by atoms with Gasteiger partial charge < -0.3 is 5.43 Å². The van der Waals surface area contributed by atoms with E-state index in [1.54, 1.807) is 6.21 Å². The van der Waals surface area contributed by atoms with Gasteiger partial charge in [-0.15, -0.1) is 0 Å². The molecule has 0 aromatic carbocycles. The second-order valence-electron chi connectivity index (χ2n) is 4.53. The highest BCUT2D eigenvalue weighted by Gasteiger charge is 2.19. The van der Waals surface area contributed by atoms with E-state index in [-0.39, 0.29) is 11.2 Å². The molecule has 0 aliphatic carbocycles. The van der Waals surface area contributed by atoms with E-state index < -0.39 is 0 Å². The Morgan fingerprint density at radius 1 is 1.46 bits per heavy atom. The highest BCUT2D eigenvalue weighted by molar-refractivity contribution is 5.85. The zero-order valence-electron chi connectivity index (χ0n) is 9.22. The summed E-state index contributed by atoms with van der Waals surface area (Å²) >= 11 is 0. The largest absolute Gasteiger partial charge is 0.303 e. The molecule has 0 aromatic heterocycles. The van der Waals surface area contributed by atoms with Crippen LogP contribution >= 0.6 is 0 Å². The Morgan fingerprint density at radius 2 is 2.00 bits per heavy atom. The molecular weight excluding hydrogens is 164 g/mol. The van der Waals surface area contributed by atoms with Gasteiger partial charge in [0.25, 0.3) is 0 Å². The lowest BCUT2D eigenvalue weighted by atomic mass is 9.91. The minimum atomic E-state index is -0.277. The monoisotopic (exact) mass is 184 g/mol. The maximum absolute atomic E-state index is 11.4. The Morgan fingerprint density at radius 3 is 2.38 bits per heavy atom. The Labute approximate surface area is 80.6 Å². The number of hydrazone groups is 1. The van der Waals surface area contributed by atoms with Crippen molar-refractivity contribution in [1.29, 1.82) is 0 Å². The van der Waals surface area contributed by atoms with E-state index in [2.05, 4.69) is 10.5 Å². The Bertz CT molecular complexity index is 190. The molecule has 0 spiro atoms. The first-order valence-corrected chi connectivity index (χ1v) is 4.63. The third-order valence-electron chi connectivity index (χ3n) is 1.54. The van der Waals surface area contributed by atoms with E-state index in [9.17, 15) is 4.79 Å². The van der Waals surface area contributed by atoms with Gasteiger partial charge in [0.1, 0.15) is 0 Å². The first-order chi connectivity index (χ1) is 5.84. The molecule has 76 valence electrons. The quantitative estimate of drug-likeness (QED) is 0.535. The van der Waals surface area contributed by atoms with E-state index in [1.807, 2.05) is 34.6 Å². The lowest BCUT2D eigenvalue weighted by molar-refractivity contribution is -0.125. The smallest absolute Gasteiger partial charge is 0.158 e. The Balaban J connectivity index is 3.73. The van der Waals surface area contributed by atoms with Gasteiger partial charge >= 0.3 is 0 Å². The van der Waals surface area contributed by atoms with E-state index in [0.717, 1.165) is 0 Å². The van der Waals surface area contributed by atoms with Gasteiger partial charge in [0.15, 0.2) is 5.78 Å². The van der Waals surface area contributed by atoms with Crippen molar-refractivity contribution in [3.05, 3.63) is 0 Å². The average molecular weight is 184 g/mol. The van der Waals surface area contributed by atoms with Gasteiger partial charge in [-0.25, -0.2) is 0 Å². The highest BCUT2D eigenvalue weighted by atomic mass is 16.1. The number of hydrogen-bond donors (Lipinski definition) is 1. The number of ketones is 1. The second kappa shape index (κ2) is 5.00. The molecule has 0 radical (unpaired) electrons. The molecule has 0 saturated carbocycles. The minimum Gasteiger partial charge on any atom is -0.303 e. The van der Waals surface area contributed by atoms with Crippen LogP contribution in [0.2, 0.25) is 0 Å². The van der Waals surface area contributed by atoms with Gasteiger partial charge in [0.05, 0.1) is 6.54 Å². The van der Waals surface area contributed by atoms with Crippen LogP contribution in [0.1, 0.15) is 34.6 Å². The van der Waals surface area contributed by atoms with Crippen LogP contribution in [-0.2, 0) is 4.79 Å². The lowest BCUT2D eigenvalue weighted by Crippen LogP contribution is -2.29. The molecule has 0 unspecified atom stereocenters. The molecule has 13 heavy (non-hydrogen) atoms. The third-order valence-corrected chi connectivity index (χ3v) is 1.54. The summed E-state index contributed by atoms with van der Waals surface area (Å²) in [6.07, 6.45) is 1.79. The molecular formula is C10H20N2O. The first kappa shape index (κ1) is 12.1. The summed E-state index contributed by atoms with van der Waals surface area (Å²) in [6, 6.07) is 0. The van der Waals surface area contributed by atoms with Crippen molar-refractivity contribution in [3.8, 4) is 0 Å². The molecule has 0 rings (SSSR count). The van der Waals surface area contributed by atoms with Gasteiger partial charge in [-0.05, 0) is 5.92 Å². The van der Waals surface area contributed by atoms with Gasteiger partial charge in [-0.3, -0.25) is 4.79 Å². The summed E-state index contributed by atoms with van der Waals surface area (Å²) in [4.78, 5) is 11.4. The summed E-state index contributed by atoms with van der Waals surface area (Å²) in [6.45, 7) is 10.1. The van der Waals surface area contributed by atoms with Crippen molar-refractivity contribution in [2.45, 2.75) is 34.6 Å². The summed E-state index contributed by atoms with van der Waals surface area (Å²) in [5, 5.41) is 3.93. The number of nitrogens with one attached hydrogen (secondary N) is 1. The molecule has 0 aromatic rings.